The molecule has 4 nitrogen and oxygen atoms in total. The summed E-state index contributed by atoms with van der Waals surface area (Å²) in [6.45, 7) is 5.55. The van der Waals surface area contributed by atoms with E-state index in [0.29, 0.717) is 24.0 Å². The van der Waals surface area contributed by atoms with E-state index in [9.17, 15) is 8.42 Å². The molecular weight excluding hydrogens is 416 g/mol. The lowest BCUT2D eigenvalue weighted by molar-refractivity contribution is 0.272. The second kappa shape index (κ2) is 8.81. The fraction of sp³-hybridized carbons (Fsp3) is 0.333. The van der Waals surface area contributed by atoms with Crippen LogP contribution in [0.5, 0.6) is 0 Å². The monoisotopic (exact) mass is 446 g/mol. The molecule has 3 aromatic carbocycles. The summed E-state index contributed by atoms with van der Waals surface area (Å²) in [7, 11) is -3.50. The van der Waals surface area contributed by atoms with Crippen LogP contribution in [0.3, 0.4) is 0 Å². The molecule has 1 fully saturated rings. The number of fused-ring (bicyclic) bond motifs is 1. The van der Waals surface area contributed by atoms with Gasteiger partial charge in [0.2, 0.25) is 10.0 Å². The highest BCUT2D eigenvalue weighted by atomic mass is 32.2. The maximum Gasteiger partial charge on any atom is 0.243 e. The van der Waals surface area contributed by atoms with Crippen molar-refractivity contribution in [3.05, 3.63) is 89.5 Å². The Morgan fingerprint density at radius 3 is 2.00 bits per heavy atom. The standard InChI is InChI=1S/C27H30N2O2S/c1-21-5-4-17-28(21)18-16-22-8-10-23(11-9-22)24-12-14-27(15-13-24)32(30,31)29-19-25-6-2-3-7-26(25)20-29/h2-3,6-15,21H,4-5,16-20H2,1H3/t21-/m1/s1. The predicted molar refractivity (Wildman–Crippen MR) is 129 cm³/mol. The van der Waals surface area contributed by atoms with Gasteiger partial charge in [0.25, 0.3) is 0 Å². The van der Waals surface area contributed by atoms with Gasteiger partial charge in [-0.2, -0.15) is 4.31 Å². The predicted octanol–water partition coefficient (Wildman–Crippen LogP) is 5.08. The van der Waals surface area contributed by atoms with Gasteiger partial charge < -0.3 is 4.90 Å². The van der Waals surface area contributed by atoms with E-state index in [-0.39, 0.29) is 0 Å². The van der Waals surface area contributed by atoms with E-state index in [1.165, 1.54) is 24.9 Å². The summed E-state index contributed by atoms with van der Waals surface area (Å²) < 4.78 is 27.8. The minimum Gasteiger partial charge on any atom is -0.300 e. The van der Waals surface area contributed by atoms with Gasteiger partial charge in [-0.05, 0) is 72.7 Å². The third kappa shape index (κ3) is 4.25. The van der Waals surface area contributed by atoms with Gasteiger partial charge in [0.1, 0.15) is 0 Å². The van der Waals surface area contributed by atoms with E-state index in [1.54, 1.807) is 16.4 Å². The van der Waals surface area contributed by atoms with Crippen molar-refractivity contribution in [3.8, 4) is 11.1 Å². The average molecular weight is 447 g/mol. The summed E-state index contributed by atoms with van der Waals surface area (Å²) in [6.07, 6.45) is 3.70. The molecule has 0 aromatic heterocycles. The van der Waals surface area contributed by atoms with Gasteiger partial charge in [0.05, 0.1) is 4.90 Å². The highest BCUT2D eigenvalue weighted by Gasteiger charge is 2.30. The number of likely N-dealkylation sites (tertiary alicyclic amines) is 1. The number of rotatable bonds is 6. The Morgan fingerprint density at radius 1 is 0.844 bits per heavy atom. The van der Waals surface area contributed by atoms with Gasteiger partial charge in [-0.3, -0.25) is 0 Å². The van der Waals surface area contributed by atoms with E-state index in [0.717, 1.165) is 35.2 Å². The van der Waals surface area contributed by atoms with E-state index in [2.05, 4.69) is 36.1 Å². The van der Waals surface area contributed by atoms with Gasteiger partial charge in [-0.25, -0.2) is 8.42 Å². The lowest BCUT2D eigenvalue weighted by atomic mass is 10.0. The topological polar surface area (TPSA) is 40.6 Å². The van der Waals surface area contributed by atoms with Crippen LogP contribution >= 0.6 is 0 Å². The van der Waals surface area contributed by atoms with E-state index in [1.807, 2.05) is 36.4 Å². The molecule has 166 valence electrons. The zero-order valence-electron chi connectivity index (χ0n) is 18.6. The molecule has 0 saturated carbocycles. The third-order valence-electron chi connectivity index (χ3n) is 6.97. The van der Waals surface area contributed by atoms with Crippen LogP contribution in [0.15, 0.2) is 77.7 Å². The van der Waals surface area contributed by atoms with Crippen LogP contribution in [0.25, 0.3) is 11.1 Å². The molecule has 0 bridgehead atoms. The molecule has 5 heteroatoms. The van der Waals surface area contributed by atoms with Crippen molar-refractivity contribution < 1.29 is 8.42 Å². The van der Waals surface area contributed by atoms with E-state index < -0.39 is 10.0 Å². The Morgan fingerprint density at radius 2 is 1.44 bits per heavy atom. The van der Waals surface area contributed by atoms with Crippen molar-refractivity contribution in [1.29, 1.82) is 0 Å². The van der Waals surface area contributed by atoms with Gasteiger partial charge in [-0.1, -0.05) is 60.7 Å². The summed E-state index contributed by atoms with van der Waals surface area (Å²) in [4.78, 5) is 2.93. The summed E-state index contributed by atoms with van der Waals surface area (Å²) in [5.41, 5.74) is 5.67. The van der Waals surface area contributed by atoms with Crippen LogP contribution in [0.1, 0.15) is 36.5 Å². The third-order valence-corrected chi connectivity index (χ3v) is 8.78. The van der Waals surface area contributed by atoms with E-state index >= 15 is 0 Å². The number of nitrogens with zero attached hydrogens (tertiary/aromatic N) is 2. The number of benzene rings is 3. The van der Waals surface area contributed by atoms with Crippen LogP contribution in [-0.2, 0) is 29.5 Å². The van der Waals surface area contributed by atoms with Crippen molar-refractivity contribution in [2.24, 2.45) is 0 Å². The lowest BCUT2D eigenvalue weighted by Crippen LogP contribution is -2.28. The molecule has 0 N–H and O–H groups in total. The lowest BCUT2D eigenvalue weighted by Gasteiger charge is -2.20. The van der Waals surface area contributed by atoms with Crippen molar-refractivity contribution in [2.75, 3.05) is 13.1 Å². The Balaban J connectivity index is 1.25. The average Bonchev–Trinajstić information content (AvgIpc) is 3.44. The zero-order chi connectivity index (χ0) is 22.1. The maximum atomic E-state index is 13.1. The maximum absolute atomic E-state index is 13.1. The summed E-state index contributed by atoms with van der Waals surface area (Å²) in [6, 6.07) is 24.6. The molecule has 0 spiro atoms. The largest absolute Gasteiger partial charge is 0.300 e. The first kappa shape index (κ1) is 21.4. The first-order chi connectivity index (χ1) is 15.5. The molecule has 3 aromatic rings. The molecule has 1 saturated heterocycles. The minimum atomic E-state index is -3.50. The second-order valence-electron chi connectivity index (χ2n) is 9.04. The first-order valence-corrected chi connectivity index (χ1v) is 12.9. The second-order valence-corrected chi connectivity index (χ2v) is 11.0. The van der Waals surface area contributed by atoms with Crippen molar-refractivity contribution >= 4 is 10.0 Å². The SMILES string of the molecule is C[C@@H]1CCCN1CCc1ccc(-c2ccc(S(=O)(=O)N3Cc4ccccc4C3)cc2)cc1. The Kier molecular flexibility index (Phi) is 5.89. The molecular formula is C27H30N2O2S. The van der Waals surface area contributed by atoms with Crippen molar-refractivity contribution in [2.45, 2.75) is 50.2 Å². The molecule has 0 unspecified atom stereocenters. The fourth-order valence-electron chi connectivity index (χ4n) is 4.90. The van der Waals surface area contributed by atoms with Gasteiger partial charge in [-0.15, -0.1) is 0 Å². The van der Waals surface area contributed by atoms with E-state index in [4.69, 9.17) is 0 Å². The highest BCUT2D eigenvalue weighted by molar-refractivity contribution is 7.89. The quantitative estimate of drug-likeness (QED) is 0.530. The van der Waals surface area contributed by atoms with Gasteiger partial charge >= 0.3 is 0 Å². The van der Waals surface area contributed by atoms with Crippen LogP contribution in [0, 0.1) is 0 Å². The van der Waals surface area contributed by atoms with Crippen LogP contribution in [-0.4, -0.2) is 36.8 Å². The molecule has 5 rings (SSSR count). The Hall–Kier alpha value is -2.47. The van der Waals surface area contributed by atoms with Gasteiger partial charge in [0.15, 0.2) is 0 Å². The number of hydrogen-bond donors (Lipinski definition) is 0. The molecule has 1 atom stereocenters. The molecule has 0 radical (unpaired) electrons. The van der Waals surface area contributed by atoms with Gasteiger partial charge in [0, 0.05) is 25.7 Å². The Labute approximate surface area is 191 Å². The molecule has 0 aliphatic carbocycles. The fourth-order valence-corrected chi connectivity index (χ4v) is 6.30. The summed E-state index contributed by atoms with van der Waals surface area (Å²) >= 11 is 0. The summed E-state index contributed by atoms with van der Waals surface area (Å²) in [5.74, 6) is 0. The smallest absolute Gasteiger partial charge is 0.243 e. The molecule has 2 heterocycles. The van der Waals surface area contributed by atoms with Crippen LogP contribution < -0.4 is 0 Å². The zero-order valence-corrected chi connectivity index (χ0v) is 19.4. The highest BCUT2D eigenvalue weighted by Crippen LogP contribution is 2.30. The molecule has 2 aliphatic rings. The van der Waals surface area contributed by atoms with Crippen molar-refractivity contribution in [1.82, 2.24) is 9.21 Å². The minimum absolute atomic E-state index is 0.352. The Bertz CT molecular complexity index is 1160. The first-order valence-electron chi connectivity index (χ1n) is 11.5. The number of sulfonamides is 1. The number of hydrogen-bond acceptors (Lipinski definition) is 3. The normalized spacial score (nSPS) is 19.3. The van der Waals surface area contributed by atoms with Crippen molar-refractivity contribution in [3.63, 3.8) is 0 Å². The molecule has 0 amide bonds. The van der Waals surface area contributed by atoms with Crippen LogP contribution in [0.4, 0.5) is 0 Å². The molecule has 2 aliphatic heterocycles. The summed E-state index contributed by atoms with van der Waals surface area (Å²) in [5, 5.41) is 0. The van der Waals surface area contributed by atoms with Crippen LogP contribution in [0.2, 0.25) is 0 Å². The molecule has 32 heavy (non-hydrogen) atoms.